The van der Waals surface area contributed by atoms with Gasteiger partial charge in [-0.2, -0.15) is 0 Å². The highest BCUT2D eigenvalue weighted by atomic mass is 32.1. The van der Waals surface area contributed by atoms with Crippen molar-refractivity contribution in [1.82, 2.24) is 19.8 Å². The Morgan fingerprint density at radius 1 is 1.71 bits per heavy atom. The van der Waals surface area contributed by atoms with Gasteiger partial charge in [-0.05, 0) is 24.9 Å². The molecule has 0 bridgehead atoms. The van der Waals surface area contributed by atoms with Gasteiger partial charge in [-0.3, -0.25) is 0 Å². The van der Waals surface area contributed by atoms with Gasteiger partial charge in [-0.15, -0.1) is 5.10 Å². The Labute approximate surface area is 86.3 Å². The summed E-state index contributed by atoms with van der Waals surface area (Å²) in [6.45, 7) is 3.55. The van der Waals surface area contributed by atoms with E-state index < -0.39 is 0 Å². The summed E-state index contributed by atoms with van der Waals surface area (Å²) in [7, 11) is 0. The molecule has 0 radical (unpaired) electrons. The average Bonchev–Trinajstić information content (AvgIpc) is 2.70. The van der Waals surface area contributed by atoms with E-state index in [0.29, 0.717) is 0 Å². The maximum Gasteiger partial charge on any atom is 0.317 e. The van der Waals surface area contributed by atoms with E-state index in [1.165, 1.54) is 11.5 Å². The van der Waals surface area contributed by atoms with Gasteiger partial charge < -0.3 is 10.2 Å². The molecule has 2 amide bonds. The van der Waals surface area contributed by atoms with Crippen molar-refractivity contribution in [1.29, 1.82) is 0 Å². The molecule has 1 N–H and O–H groups in total. The van der Waals surface area contributed by atoms with Crippen LogP contribution in [0.4, 0.5) is 4.79 Å². The predicted molar refractivity (Wildman–Crippen MR) is 53.0 cm³/mol. The zero-order valence-corrected chi connectivity index (χ0v) is 8.75. The van der Waals surface area contributed by atoms with E-state index in [-0.39, 0.29) is 12.1 Å². The molecular formula is C8H12N4OS. The fourth-order valence-electron chi connectivity index (χ4n) is 1.53. The summed E-state index contributed by atoms with van der Waals surface area (Å²) in [6.07, 6.45) is 0.994. The Hall–Kier alpha value is -1.17. The van der Waals surface area contributed by atoms with E-state index in [2.05, 4.69) is 14.9 Å². The number of urea groups is 1. The summed E-state index contributed by atoms with van der Waals surface area (Å²) in [5.74, 6) is 0. The number of hydrogen-bond acceptors (Lipinski definition) is 4. The minimum atomic E-state index is -0.00301. The second-order valence-electron chi connectivity index (χ2n) is 3.28. The molecule has 1 aliphatic heterocycles. The summed E-state index contributed by atoms with van der Waals surface area (Å²) in [4.78, 5) is 13.3. The number of hydrogen-bond donors (Lipinski definition) is 1. The standard InChI is InChI=1S/C8H12N4OS/c1-6(7-5-14-11-10-7)12-4-2-3-9-8(12)13/h5-6H,2-4H2,1H3,(H,9,13). The van der Waals surface area contributed by atoms with Crippen LogP contribution in [0.5, 0.6) is 0 Å². The first-order valence-electron chi connectivity index (χ1n) is 4.60. The third-order valence-electron chi connectivity index (χ3n) is 2.39. The minimum Gasteiger partial charge on any atom is -0.338 e. The Kier molecular flexibility index (Phi) is 2.62. The molecule has 0 aliphatic carbocycles. The van der Waals surface area contributed by atoms with Crippen LogP contribution in [0.1, 0.15) is 25.1 Å². The SMILES string of the molecule is CC(c1csnn1)N1CCCNC1=O. The van der Waals surface area contributed by atoms with E-state index in [9.17, 15) is 4.79 Å². The summed E-state index contributed by atoms with van der Waals surface area (Å²) >= 11 is 1.31. The Morgan fingerprint density at radius 2 is 2.57 bits per heavy atom. The second kappa shape index (κ2) is 3.91. The van der Waals surface area contributed by atoms with Crippen molar-refractivity contribution in [2.24, 2.45) is 0 Å². The summed E-state index contributed by atoms with van der Waals surface area (Å²) < 4.78 is 3.80. The average molecular weight is 212 g/mol. The Balaban J connectivity index is 2.10. The van der Waals surface area contributed by atoms with Crippen molar-refractivity contribution in [3.8, 4) is 0 Å². The highest BCUT2D eigenvalue weighted by Gasteiger charge is 2.25. The predicted octanol–water partition coefficient (Wildman–Crippen LogP) is 1.01. The molecule has 1 unspecified atom stereocenters. The summed E-state index contributed by atoms with van der Waals surface area (Å²) in [5, 5.41) is 8.67. The molecule has 1 atom stereocenters. The molecule has 2 heterocycles. The van der Waals surface area contributed by atoms with Gasteiger partial charge in [0, 0.05) is 18.5 Å². The first-order valence-corrected chi connectivity index (χ1v) is 5.44. The number of aromatic nitrogens is 2. The van der Waals surface area contributed by atoms with Crippen LogP contribution >= 0.6 is 11.5 Å². The Bertz CT molecular complexity index is 313. The van der Waals surface area contributed by atoms with Gasteiger partial charge in [0.05, 0.1) is 11.7 Å². The van der Waals surface area contributed by atoms with E-state index in [0.717, 1.165) is 25.2 Å². The molecule has 0 aromatic carbocycles. The maximum absolute atomic E-state index is 11.5. The third kappa shape index (κ3) is 1.70. The van der Waals surface area contributed by atoms with Crippen LogP contribution in [-0.2, 0) is 0 Å². The van der Waals surface area contributed by atoms with Crippen LogP contribution < -0.4 is 5.32 Å². The molecule has 1 aliphatic rings. The van der Waals surface area contributed by atoms with Gasteiger partial charge in [0.15, 0.2) is 0 Å². The quantitative estimate of drug-likeness (QED) is 0.796. The monoisotopic (exact) mass is 212 g/mol. The van der Waals surface area contributed by atoms with Gasteiger partial charge in [-0.1, -0.05) is 4.49 Å². The molecule has 1 saturated heterocycles. The first kappa shape index (κ1) is 9.39. The van der Waals surface area contributed by atoms with Gasteiger partial charge in [-0.25, -0.2) is 4.79 Å². The van der Waals surface area contributed by atoms with Crippen LogP contribution in [0, 0.1) is 0 Å². The number of nitrogens with one attached hydrogen (secondary N) is 1. The van der Waals surface area contributed by atoms with Crippen molar-refractivity contribution in [3.05, 3.63) is 11.1 Å². The maximum atomic E-state index is 11.5. The van der Waals surface area contributed by atoms with Crippen molar-refractivity contribution in [2.45, 2.75) is 19.4 Å². The molecule has 0 spiro atoms. The number of rotatable bonds is 2. The number of carbonyl (C=O) groups excluding carboxylic acids is 1. The van der Waals surface area contributed by atoms with Crippen LogP contribution in [0.3, 0.4) is 0 Å². The molecule has 5 nitrogen and oxygen atoms in total. The fourth-order valence-corrected chi connectivity index (χ4v) is 2.07. The molecule has 2 rings (SSSR count). The number of nitrogens with zero attached hydrogens (tertiary/aromatic N) is 3. The van der Waals surface area contributed by atoms with E-state index in [1.807, 2.05) is 12.3 Å². The van der Waals surface area contributed by atoms with Gasteiger partial charge in [0.25, 0.3) is 0 Å². The van der Waals surface area contributed by atoms with E-state index in [1.54, 1.807) is 4.90 Å². The highest BCUT2D eigenvalue weighted by Crippen LogP contribution is 2.20. The highest BCUT2D eigenvalue weighted by molar-refractivity contribution is 7.03. The summed E-state index contributed by atoms with van der Waals surface area (Å²) in [6, 6.07) is 0.0193. The normalized spacial score (nSPS) is 19.2. The molecule has 1 fully saturated rings. The largest absolute Gasteiger partial charge is 0.338 e. The minimum absolute atomic E-state index is 0.00301. The topological polar surface area (TPSA) is 58.1 Å². The lowest BCUT2D eigenvalue weighted by Crippen LogP contribution is -2.47. The lowest BCUT2D eigenvalue weighted by atomic mass is 10.2. The van der Waals surface area contributed by atoms with Crippen LogP contribution in [0.2, 0.25) is 0 Å². The Morgan fingerprint density at radius 3 is 3.21 bits per heavy atom. The first-order chi connectivity index (χ1) is 6.79. The number of carbonyl (C=O) groups is 1. The van der Waals surface area contributed by atoms with Crippen molar-refractivity contribution < 1.29 is 4.79 Å². The molecular weight excluding hydrogens is 200 g/mol. The molecule has 1 aromatic heterocycles. The van der Waals surface area contributed by atoms with E-state index in [4.69, 9.17) is 0 Å². The van der Waals surface area contributed by atoms with Gasteiger partial charge >= 0.3 is 6.03 Å². The third-order valence-corrected chi connectivity index (χ3v) is 2.91. The van der Waals surface area contributed by atoms with Gasteiger partial charge in [0.2, 0.25) is 0 Å². The molecule has 0 saturated carbocycles. The van der Waals surface area contributed by atoms with Crippen molar-refractivity contribution in [2.75, 3.05) is 13.1 Å². The van der Waals surface area contributed by atoms with Gasteiger partial charge in [0.1, 0.15) is 0 Å². The zero-order chi connectivity index (χ0) is 9.97. The zero-order valence-electron chi connectivity index (χ0n) is 7.93. The molecule has 1 aromatic rings. The lowest BCUT2D eigenvalue weighted by molar-refractivity contribution is 0.165. The lowest BCUT2D eigenvalue weighted by Gasteiger charge is -2.31. The smallest absolute Gasteiger partial charge is 0.317 e. The molecule has 14 heavy (non-hydrogen) atoms. The van der Waals surface area contributed by atoms with Crippen LogP contribution in [0.25, 0.3) is 0 Å². The van der Waals surface area contributed by atoms with Crippen molar-refractivity contribution in [3.63, 3.8) is 0 Å². The summed E-state index contributed by atoms with van der Waals surface area (Å²) in [5.41, 5.74) is 0.868. The number of amides is 2. The van der Waals surface area contributed by atoms with Crippen LogP contribution in [-0.4, -0.2) is 33.6 Å². The van der Waals surface area contributed by atoms with Crippen molar-refractivity contribution >= 4 is 17.6 Å². The van der Waals surface area contributed by atoms with Crippen LogP contribution in [0.15, 0.2) is 5.38 Å². The molecule has 6 heteroatoms. The van der Waals surface area contributed by atoms with E-state index >= 15 is 0 Å². The molecule has 76 valence electrons. The fraction of sp³-hybridized carbons (Fsp3) is 0.625. The second-order valence-corrected chi connectivity index (χ2v) is 3.89.